The van der Waals surface area contributed by atoms with Gasteiger partial charge in [0.05, 0.1) is 18.0 Å². The second-order valence-electron chi connectivity index (χ2n) is 6.24. The molecule has 1 atom stereocenters. The van der Waals surface area contributed by atoms with E-state index in [2.05, 4.69) is 25.2 Å². The summed E-state index contributed by atoms with van der Waals surface area (Å²) in [6.45, 7) is 7.22. The molecule has 2 aromatic heterocycles. The first kappa shape index (κ1) is 19.6. The number of H-pyrrole nitrogens is 1. The van der Waals surface area contributed by atoms with Crippen molar-refractivity contribution in [3.05, 3.63) is 27.2 Å². The molecule has 1 amide bonds. The number of imidazole rings is 1. The molecule has 1 aliphatic rings. The molecule has 146 valence electrons. The number of aromatic amines is 1. The third-order valence-electron chi connectivity index (χ3n) is 4.34. The summed E-state index contributed by atoms with van der Waals surface area (Å²) in [7, 11) is 0. The maximum absolute atomic E-state index is 12.4. The fourth-order valence-electron chi connectivity index (χ4n) is 2.94. The fourth-order valence-corrected chi connectivity index (χ4v) is 4.20. The molecule has 0 saturated carbocycles. The number of nitrogens with one attached hydrogen (secondary N) is 2. The minimum absolute atomic E-state index is 0.0262. The van der Waals surface area contributed by atoms with Crippen LogP contribution in [-0.2, 0) is 11.2 Å². The van der Waals surface area contributed by atoms with Crippen LogP contribution in [0.3, 0.4) is 0 Å². The molecule has 0 aromatic carbocycles. The SMILES string of the molecule is CCOC(=O)c1sc(N2CC[C@H](NC(=O)c3nc(Cl)c(CC)[nH]3)C2)nc1C. The van der Waals surface area contributed by atoms with E-state index in [4.69, 9.17) is 16.3 Å². The van der Waals surface area contributed by atoms with E-state index >= 15 is 0 Å². The first-order valence-corrected chi connectivity index (χ1v) is 10.1. The zero-order valence-electron chi connectivity index (χ0n) is 15.5. The van der Waals surface area contributed by atoms with Crippen molar-refractivity contribution in [2.24, 2.45) is 0 Å². The third kappa shape index (κ3) is 4.24. The third-order valence-corrected chi connectivity index (χ3v) is 5.85. The van der Waals surface area contributed by atoms with E-state index in [9.17, 15) is 9.59 Å². The number of aromatic nitrogens is 3. The van der Waals surface area contributed by atoms with Crippen LogP contribution in [0.25, 0.3) is 0 Å². The summed E-state index contributed by atoms with van der Waals surface area (Å²) in [5.74, 6) is -0.389. The molecular weight excluding hydrogens is 390 g/mol. The molecule has 8 nitrogen and oxygen atoms in total. The van der Waals surface area contributed by atoms with Crippen molar-refractivity contribution in [2.45, 2.75) is 39.7 Å². The monoisotopic (exact) mass is 411 g/mol. The Hall–Kier alpha value is -2.13. The molecule has 0 unspecified atom stereocenters. The number of anilines is 1. The number of carbonyl (C=O) groups is 2. The summed E-state index contributed by atoms with van der Waals surface area (Å²) >= 11 is 7.32. The van der Waals surface area contributed by atoms with E-state index in [1.807, 2.05) is 6.92 Å². The van der Waals surface area contributed by atoms with E-state index in [-0.39, 0.29) is 23.7 Å². The van der Waals surface area contributed by atoms with Crippen LogP contribution in [0.2, 0.25) is 5.15 Å². The summed E-state index contributed by atoms with van der Waals surface area (Å²) in [6, 6.07) is -0.0262. The van der Waals surface area contributed by atoms with Gasteiger partial charge in [0.1, 0.15) is 4.88 Å². The van der Waals surface area contributed by atoms with E-state index in [1.54, 1.807) is 13.8 Å². The molecule has 1 fully saturated rings. The number of thiazole rings is 1. The number of hydrogen-bond donors (Lipinski definition) is 2. The van der Waals surface area contributed by atoms with Crippen molar-refractivity contribution in [2.75, 3.05) is 24.6 Å². The van der Waals surface area contributed by atoms with Gasteiger partial charge in [-0.3, -0.25) is 4.79 Å². The van der Waals surface area contributed by atoms with E-state index < -0.39 is 0 Å². The Bertz CT molecular complexity index is 850. The number of ether oxygens (including phenoxy) is 1. The summed E-state index contributed by atoms with van der Waals surface area (Å²) in [4.78, 5) is 38.5. The van der Waals surface area contributed by atoms with Crippen molar-refractivity contribution in [3.63, 3.8) is 0 Å². The van der Waals surface area contributed by atoms with Gasteiger partial charge in [0.15, 0.2) is 16.1 Å². The van der Waals surface area contributed by atoms with Gasteiger partial charge in [-0.1, -0.05) is 29.9 Å². The fraction of sp³-hybridized carbons (Fsp3) is 0.529. The zero-order valence-corrected chi connectivity index (χ0v) is 17.0. The molecule has 2 N–H and O–H groups in total. The van der Waals surface area contributed by atoms with Crippen LogP contribution in [0.1, 0.15) is 51.9 Å². The highest BCUT2D eigenvalue weighted by atomic mass is 35.5. The summed E-state index contributed by atoms with van der Waals surface area (Å²) in [5, 5.41) is 4.08. The first-order valence-electron chi connectivity index (χ1n) is 8.87. The summed E-state index contributed by atoms with van der Waals surface area (Å²) < 4.78 is 5.06. The number of carbonyl (C=O) groups excluding carboxylic acids is 2. The Balaban J connectivity index is 1.62. The van der Waals surface area contributed by atoms with Gasteiger partial charge in [0, 0.05) is 19.1 Å². The molecule has 1 saturated heterocycles. The maximum atomic E-state index is 12.4. The molecule has 1 aliphatic heterocycles. The first-order chi connectivity index (χ1) is 12.9. The summed E-state index contributed by atoms with van der Waals surface area (Å²) in [6.07, 6.45) is 1.47. The van der Waals surface area contributed by atoms with E-state index in [0.29, 0.717) is 35.3 Å². The maximum Gasteiger partial charge on any atom is 0.350 e. The van der Waals surface area contributed by atoms with Crippen molar-refractivity contribution < 1.29 is 14.3 Å². The van der Waals surface area contributed by atoms with Crippen molar-refractivity contribution in [1.29, 1.82) is 0 Å². The number of rotatable bonds is 6. The Kier molecular flexibility index (Phi) is 6.01. The Morgan fingerprint density at radius 2 is 2.19 bits per heavy atom. The van der Waals surface area contributed by atoms with Crippen LogP contribution in [0.5, 0.6) is 0 Å². The lowest BCUT2D eigenvalue weighted by atomic mass is 10.2. The minimum Gasteiger partial charge on any atom is -0.462 e. The Morgan fingerprint density at radius 3 is 2.85 bits per heavy atom. The molecule has 3 rings (SSSR count). The minimum atomic E-state index is -0.343. The lowest BCUT2D eigenvalue weighted by Gasteiger charge is -2.15. The molecule has 3 heterocycles. The molecule has 0 radical (unpaired) electrons. The average molecular weight is 412 g/mol. The number of aryl methyl sites for hydroxylation is 2. The van der Waals surface area contributed by atoms with Gasteiger partial charge in [-0.15, -0.1) is 0 Å². The van der Waals surface area contributed by atoms with Crippen LogP contribution in [0.4, 0.5) is 5.13 Å². The van der Waals surface area contributed by atoms with Gasteiger partial charge in [0.25, 0.3) is 5.91 Å². The highest BCUT2D eigenvalue weighted by Gasteiger charge is 2.28. The molecule has 0 aliphatic carbocycles. The van der Waals surface area contributed by atoms with Crippen molar-refractivity contribution in [1.82, 2.24) is 20.3 Å². The summed E-state index contributed by atoms with van der Waals surface area (Å²) in [5.41, 5.74) is 1.41. The predicted octanol–water partition coefficient (Wildman–Crippen LogP) is 2.58. The average Bonchev–Trinajstić information content (AvgIpc) is 3.33. The number of hydrogen-bond acceptors (Lipinski definition) is 7. The van der Waals surface area contributed by atoms with Gasteiger partial charge >= 0.3 is 5.97 Å². The van der Waals surface area contributed by atoms with Crippen LogP contribution >= 0.6 is 22.9 Å². The number of esters is 1. The standard InChI is InChI=1S/C17H22ClN5O3S/c1-4-11-13(18)22-14(21-11)15(24)20-10-6-7-23(8-10)17-19-9(3)12(27-17)16(25)26-5-2/h10H,4-8H2,1-3H3,(H,20,24)(H,21,22)/t10-/m0/s1. The lowest BCUT2D eigenvalue weighted by molar-refractivity contribution is 0.0531. The van der Waals surface area contributed by atoms with Gasteiger partial charge in [-0.25, -0.2) is 14.8 Å². The lowest BCUT2D eigenvalue weighted by Crippen LogP contribution is -2.37. The highest BCUT2D eigenvalue weighted by molar-refractivity contribution is 7.17. The number of halogens is 1. The molecule has 2 aromatic rings. The van der Waals surface area contributed by atoms with Gasteiger partial charge in [0.2, 0.25) is 0 Å². The molecule has 0 bridgehead atoms. The molecule has 10 heteroatoms. The number of nitrogens with zero attached hydrogens (tertiary/aromatic N) is 3. The highest BCUT2D eigenvalue weighted by Crippen LogP contribution is 2.29. The van der Waals surface area contributed by atoms with Crippen LogP contribution in [-0.4, -0.2) is 52.6 Å². The van der Waals surface area contributed by atoms with E-state index in [0.717, 1.165) is 23.8 Å². The van der Waals surface area contributed by atoms with Crippen LogP contribution in [0, 0.1) is 6.92 Å². The Morgan fingerprint density at radius 1 is 1.41 bits per heavy atom. The van der Waals surface area contributed by atoms with Crippen molar-refractivity contribution >= 4 is 39.9 Å². The normalized spacial score (nSPS) is 16.6. The quantitative estimate of drug-likeness (QED) is 0.708. The largest absolute Gasteiger partial charge is 0.462 e. The van der Waals surface area contributed by atoms with Gasteiger partial charge < -0.3 is 19.9 Å². The van der Waals surface area contributed by atoms with Gasteiger partial charge in [-0.2, -0.15) is 0 Å². The van der Waals surface area contributed by atoms with Crippen LogP contribution in [0.15, 0.2) is 0 Å². The van der Waals surface area contributed by atoms with E-state index in [1.165, 1.54) is 11.3 Å². The topological polar surface area (TPSA) is 100 Å². The van der Waals surface area contributed by atoms with Crippen molar-refractivity contribution in [3.8, 4) is 0 Å². The second-order valence-corrected chi connectivity index (χ2v) is 7.58. The van der Waals surface area contributed by atoms with Gasteiger partial charge in [-0.05, 0) is 26.7 Å². The molecular formula is C17H22ClN5O3S. The predicted molar refractivity (Wildman–Crippen MR) is 104 cm³/mol. The smallest absolute Gasteiger partial charge is 0.350 e. The number of amides is 1. The zero-order chi connectivity index (χ0) is 19.6. The van der Waals surface area contributed by atoms with Crippen LogP contribution < -0.4 is 10.2 Å². The molecule has 0 spiro atoms. The second kappa shape index (κ2) is 8.26. The molecule has 27 heavy (non-hydrogen) atoms. The Labute approximate surface area is 166 Å².